The first-order chi connectivity index (χ1) is 13.7. The Hall–Kier alpha value is -3.43. The van der Waals surface area contributed by atoms with E-state index in [-0.39, 0.29) is 12.0 Å². The van der Waals surface area contributed by atoms with Gasteiger partial charge in [0.15, 0.2) is 0 Å². The standard InChI is InChI=1S/C19H15F4N3O3/c20-13-3-1-2-12(8-13)15-9-16(29-26-15)18(28)25-14-6-4-11(5-7-14)17(27)24-10-19(21,22)23/h1-8,16H,9-10H2,(H,24,27)(H,25,28). The van der Waals surface area contributed by atoms with Crippen molar-refractivity contribution >= 4 is 23.2 Å². The molecule has 0 bridgehead atoms. The topological polar surface area (TPSA) is 79.8 Å². The SMILES string of the molecule is O=C(NCC(F)(F)F)c1ccc(NC(=O)C2CC(c3cccc(F)c3)=NO2)cc1. The van der Waals surface area contributed by atoms with Crippen LogP contribution in [-0.4, -0.2) is 36.4 Å². The van der Waals surface area contributed by atoms with Crippen LogP contribution < -0.4 is 10.6 Å². The van der Waals surface area contributed by atoms with E-state index in [0.29, 0.717) is 17.0 Å². The van der Waals surface area contributed by atoms with Gasteiger partial charge < -0.3 is 15.5 Å². The third kappa shape index (κ3) is 5.53. The third-order valence-corrected chi connectivity index (χ3v) is 3.98. The van der Waals surface area contributed by atoms with E-state index in [1.165, 1.54) is 42.5 Å². The molecule has 1 heterocycles. The Kier molecular flexibility index (Phi) is 5.81. The maximum atomic E-state index is 13.3. The summed E-state index contributed by atoms with van der Waals surface area (Å²) in [6.45, 7) is -1.43. The predicted octanol–water partition coefficient (Wildman–Crippen LogP) is 3.25. The molecule has 0 radical (unpaired) electrons. The number of benzene rings is 2. The Labute approximate surface area is 162 Å². The Morgan fingerprint density at radius 1 is 1.14 bits per heavy atom. The first kappa shape index (κ1) is 20.3. The molecule has 0 spiro atoms. The van der Waals surface area contributed by atoms with Gasteiger partial charge in [-0.05, 0) is 36.4 Å². The highest BCUT2D eigenvalue weighted by Gasteiger charge is 2.29. The molecule has 3 rings (SSSR count). The number of nitrogens with one attached hydrogen (secondary N) is 2. The van der Waals surface area contributed by atoms with Crippen molar-refractivity contribution in [1.82, 2.24) is 5.32 Å². The number of rotatable bonds is 5. The average molecular weight is 409 g/mol. The van der Waals surface area contributed by atoms with E-state index < -0.39 is 36.5 Å². The van der Waals surface area contributed by atoms with Gasteiger partial charge in [-0.3, -0.25) is 9.59 Å². The van der Waals surface area contributed by atoms with Crippen molar-refractivity contribution < 1.29 is 32.0 Å². The molecular weight excluding hydrogens is 394 g/mol. The van der Waals surface area contributed by atoms with Crippen LogP contribution in [0.5, 0.6) is 0 Å². The molecule has 0 aliphatic carbocycles. The normalized spacial score (nSPS) is 16.0. The smallest absolute Gasteiger partial charge is 0.382 e. The van der Waals surface area contributed by atoms with Gasteiger partial charge in [0.25, 0.3) is 11.8 Å². The van der Waals surface area contributed by atoms with Gasteiger partial charge in [0.05, 0.1) is 5.71 Å². The van der Waals surface area contributed by atoms with Crippen molar-refractivity contribution in [3.8, 4) is 0 Å². The highest BCUT2D eigenvalue weighted by molar-refractivity contribution is 6.06. The predicted molar refractivity (Wildman–Crippen MR) is 95.9 cm³/mol. The van der Waals surface area contributed by atoms with Gasteiger partial charge in [-0.1, -0.05) is 17.3 Å². The molecule has 2 amide bonds. The van der Waals surface area contributed by atoms with E-state index in [1.54, 1.807) is 11.4 Å². The van der Waals surface area contributed by atoms with Gasteiger partial charge in [-0.15, -0.1) is 0 Å². The van der Waals surface area contributed by atoms with Crippen LogP contribution in [0.4, 0.5) is 23.2 Å². The molecule has 2 aromatic rings. The van der Waals surface area contributed by atoms with Crippen LogP contribution in [0.3, 0.4) is 0 Å². The number of oxime groups is 1. The summed E-state index contributed by atoms with van der Waals surface area (Å²) in [5.74, 6) is -1.82. The lowest BCUT2D eigenvalue weighted by atomic mass is 10.0. The number of hydrogen-bond acceptors (Lipinski definition) is 4. The largest absolute Gasteiger partial charge is 0.405 e. The minimum absolute atomic E-state index is 0.0149. The molecule has 2 aromatic carbocycles. The van der Waals surface area contributed by atoms with Gasteiger partial charge in [0.2, 0.25) is 6.10 Å². The van der Waals surface area contributed by atoms with E-state index in [0.717, 1.165) is 0 Å². The summed E-state index contributed by atoms with van der Waals surface area (Å²) in [6, 6.07) is 11.1. The zero-order chi connectivity index (χ0) is 21.0. The highest BCUT2D eigenvalue weighted by Crippen LogP contribution is 2.19. The molecule has 0 saturated carbocycles. The summed E-state index contributed by atoms with van der Waals surface area (Å²) in [6.07, 6.45) is -5.27. The summed E-state index contributed by atoms with van der Waals surface area (Å²) in [7, 11) is 0. The van der Waals surface area contributed by atoms with E-state index in [4.69, 9.17) is 4.84 Å². The number of halogens is 4. The second-order valence-corrected chi connectivity index (χ2v) is 6.21. The molecular formula is C19H15F4N3O3. The van der Waals surface area contributed by atoms with Crippen molar-refractivity contribution in [2.45, 2.75) is 18.7 Å². The molecule has 1 atom stereocenters. The average Bonchev–Trinajstić information content (AvgIpc) is 3.16. The molecule has 1 aliphatic rings. The number of anilines is 1. The van der Waals surface area contributed by atoms with Crippen LogP contribution in [-0.2, 0) is 9.63 Å². The quantitative estimate of drug-likeness (QED) is 0.744. The fraction of sp³-hybridized carbons (Fsp3) is 0.211. The number of hydrogen-bond donors (Lipinski definition) is 2. The Bertz CT molecular complexity index is 942. The van der Waals surface area contributed by atoms with E-state index >= 15 is 0 Å². The van der Waals surface area contributed by atoms with Crippen LogP contribution in [0.25, 0.3) is 0 Å². The molecule has 1 unspecified atom stereocenters. The fourth-order valence-electron chi connectivity index (χ4n) is 2.57. The van der Waals surface area contributed by atoms with E-state index in [9.17, 15) is 27.2 Å². The van der Waals surface area contributed by atoms with Crippen molar-refractivity contribution in [1.29, 1.82) is 0 Å². The van der Waals surface area contributed by atoms with Crippen molar-refractivity contribution in [3.05, 3.63) is 65.5 Å². The Morgan fingerprint density at radius 2 is 1.86 bits per heavy atom. The number of alkyl halides is 3. The van der Waals surface area contributed by atoms with Crippen LogP contribution in [0.1, 0.15) is 22.3 Å². The van der Waals surface area contributed by atoms with Gasteiger partial charge in [-0.2, -0.15) is 13.2 Å². The van der Waals surface area contributed by atoms with E-state index in [1.807, 2.05) is 0 Å². The second kappa shape index (κ2) is 8.29. The second-order valence-electron chi connectivity index (χ2n) is 6.21. The fourth-order valence-corrected chi connectivity index (χ4v) is 2.57. The zero-order valence-electron chi connectivity index (χ0n) is 14.8. The molecule has 10 heteroatoms. The lowest BCUT2D eigenvalue weighted by molar-refractivity contribution is -0.125. The number of carbonyl (C=O) groups excluding carboxylic acids is 2. The third-order valence-electron chi connectivity index (χ3n) is 3.98. The first-order valence-corrected chi connectivity index (χ1v) is 8.46. The van der Waals surface area contributed by atoms with E-state index in [2.05, 4.69) is 10.5 Å². The summed E-state index contributed by atoms with van der Waals surface area (Å²) < 4.78 is 49.7. The Balaban J connectivity index is 1.54. The Morgan fingerprint density at radius 3 is 2.52 bits per heavy atom. The summed E-state index contributed by atoms with van der Waals surface area (Å²) in [5, 5.41) is 8.13. The highest BCUT2D eigenvalue weighted by atomic mass is 19.4. The first-order valence-electron chi connectivity index (χ1n) is 8.46. The zero-order valence-corrected chi connectivity index (χ0v) is 14.8. The molecule has 6 nitrogen and oxygen atoms in total. The molecule has 0 aromatic heterocycles. The summed E-state index contributed by atoms with van der Waals surface area (Å²) in [5.41, 5.74) is 1.28. The monoisotopic (exact) mass is 409 g/mol. The van der Waals surface area contributed by atoms with Crippen molar-refractivity contribution in [2.75, 3.05) is 11.9 Å². The number of carbonyl (C=O) groups is 2. The summed E-state index contributed by atoms with van der Waals surface area (Å²) >= 11 is 0. The van der Waals surface area contributed by atoms with Gasteiger partial charge in [0.1, 0.15) is 12.4 Å². The van der Waals surface area contributed by atoms with Gasteiger partial charge in [0, 0.05) is 23.2 Å². The summed E-state index contributed by atoms with van der Waals surface area (Å²) in [4.78, 5) is 29.1. The lowest BCUT2D eigenvalue weighted by Gasteiger charge is -2.11. The van der Waals surface area contributed by atoms with Crippen LogP contribution >= 0.6 is 0 Å². The van der Waals surface area contributed by atoms with Gasteiger partial charge >= 0.3 is 6.18 Å². The van der Waals surface area contributed by atoms with Crippen LogP contribution in [0, 0.1) is 5.82 Å². The molecule has 1 aliphatic heterocycles. The minimum atomic E-state index is -4.50. The van der Waals surface area contributed by atoms with Crippen LogP contribution in [0.15, 0.2) is 53.7 Å². The van der Waals surface area contributed by atoms with Crippen molar-refractivity contribution in [2.24, 2.45) is 5.16 Å². The van der Waals surface area contributed by atoms with Gasteiger partial charge in [-0.25, -0.2) is 4.39 Å². The molecule has 152 valence electrons. The maximum Gasteiger partial charge on any atom is 0.405 e. The molecule has 0 fully saturated rings. The molecule has 2 N–H and O–H groups in total. The van der Waals surface area contributed by atoms with Crippen LogP contribution in [0.2, 0.25) is 0 Å². The number of nitrogens with zero attached hydrogens (tertiary/aromatic N) is 1. The number of amides is 2. The minimum Gasteiger partial charge on any atom is -0.382 e. The molecule has 0 saturated heterocycles. The lowest BCUT2D eigenvalue weighted by Crippen LogP contribution is -2.33. The molecule has 29 heavy (non-hydrogen) atoms. The maximum absolute atomic E-state index is 13.3. The van der Waals surface area contributed by atoms with Crippen molar-refractivity contribution in [3.63, 3.8) is 0 Å².